The van der Waals surface area contributed by atoms with Crippen molar-refractivity contribution in [3.63, 3.8) is 0 Å². The van der Waals surface area contributed by atoms with Gasteiger partial charge in [0.1, 0.15) is 12.6 Å². The molecule has 0 radical (unpaired) electrons. The van der Waals surface area contributed by atoms with Crippen LogP contribution in [0.1, 0.15) is 26.2 Å². The largest absolute Gasteiger partial charge is 0.493 e. The Morgan fingerprint density at radius 3 is 2.48 bits per heavy atom. The molecule has 0 saturated carbocycles. The molecular formula is C14H22N2O7. The summed E-state index contributed by atoms with van der Waals surface area (Å²) in [5.41, 5.74) is -1.12. The van der Waals surface area contributed by atoms with Gasteiger partial charge in [0.05, 0.1) is 30.7 Å². The number of carboxylic acid groups (broad SMARTS) is 2. The number of nitrogens with zero attached hydrogens (tertiary/aromatic N) is 1. The molecule has 2 unspecified atom stereocenters. The molecule has 0 aliphatic heterocycles. The minimum absolute atomic E-state index is 0.0530. The van der Waals surface area contributed by atoms with Gasteiger partial charge in [-0.3, -0.25) is 9.79 Å². The summed E-state index contributed by atoms with van der Waals surface area (Å²) in [7, 11) is 1.35. The average Bonchev–Trinajstić information content (AvgIpc) is 2.49. The molecule has 130 valence electrons. The molecule has 0 aromatic carbocycles. The molecule has 1 aliphatic rings. The second-order valence-electron chi connectivity index (χ2n) is 5.35. The van der Waals surface area contributed by atoms with E-state index in [9.17, 15) is 19.8 Å². The Balaban J connectivity index is 3.24. The lowest BCUT2D eigenvalue weighted by atomic mass is 9.85. The summed E-state index contributed by atoms with van der Waals surface area (Å²) in [6, 6.07) is -0.906. The first kappa shape index (κ1) is 18.9. The van der Waals surface area contributed by atoms with E-state index in [-0.39, 0.29) is 36.4 Å². The monoisotopic (exact) mass is 330 g/mol. The molecule has 1 rings (SSSR count). The fourth-order valence-corrected chi connectivity index (χ4v) is 2.35. The van der Waals surface area contributed by atoms with Gasteiger partial charge in [0.15, 0.2) is 5.76 Å². The number of carboxylic acids is 2. The van der Waals surface area contributed by atoms with Gasteiger partial charge in [-0.15, -0.1) is 0 Å². The van der Waals surface area contributed by atoms with Crippen LogP contribution in [0.5, 0.6) is 0 Å². The van der Waals surface area contributed by atoms with Crippen molar-refractivity contribution in [1.29, 1.82) is 0 Å². The lowest BCUT2D eigenvalue weighted by Crippen LogP contribution is -2.46. The summed E-state index contributed by atoms with van der Waals surface area (Å²) in [6.07, 6.45) is 0.145. The van der Waals surface area contributed by atoms with Gasteiger partial charge in [-0.05, 0) is 6.42 Å². The number of aliphatic hydroxyl groups is 2. The van der Waals surface area contributed by atoms with E-state index in [4.69, 9.17) is 14.9 Å². The van der Waals surface area contributed by atoms with Gasteiger partial charge in [0.2, 0.25) is 0 Å². The van der Waals surface area contributed by atoms with Crippen LogP contribution in [0.25, 0.3) is 0 Å². The summed E-state index contributed by atoms with van der Waals surface area (Å²) >= 11 is 0. The van der Waals surface area contributed by atoms with Crippen LogP contribution in [0.4, 0.5) is 0 Å². The topological polar surface area (TPSA) is 149 Å². The Bertz CT molecular complexity index is 529. The minimum Gasteiger partial charge on any atom is -0.493 e. The molecule has 9 heteroatoms. The van der Waals surface area contributed by atoms with Gasteiger partial charge in [-0.1, -0.05) is 6.92 Å². The van der Waals surface area contributed by atoms with Crippen LogP contribution in [-0.4, -0.2) is 70.0 Å². The second kappa shape index (κ2) is 7.93. The maximum atomic E-state index is 11.2. The highest BCUT2D eigenvalue weighted by Gasteiger charge is 2.38. The predicted octanol–water partition coefficient (Wildman–Crippen LogP) is -0.660. The zero-order valence-corrected chi connectivity index (χ0v) is 13.1. The summed E-state index contributed by atoms with van der Waals surface area (Å²) in [6.45, 7) is 0.581. The summed E-state index contributed by atoms with van der Waals surface area (Å²) in [4.78, 5) is 25.8. The quantitative estimate of drug-likeness (QED) is 0.394. The highest BCUT2D eigenvalue weighted by atomic mass is 16.5. The number of carbonyl (C=O) groups is 2. The SMILES string of the molecule is CCC(NC1=C(OC)C(=NCC(=O)O)CC(O)(CO)C1)C(=O)O. The maximum Gasteiger partial charge on any atom is 0.326 e. The Morgan fingerprint density at radius 2 is 2.04 bits per heavy atom. The predicted molar refractivity (Wildman–Crippen MR) is 80.1 cm³/mol. The molecule has 0 aromatic rings. The minimum atomic E-state index is -1.56. The van der Waals surface area contributed by atoms with Gasteiger partial charge in [-0.25, -0.2) is 4.79 Å². The number of rotatable bonds is 8. The first-order chi connectivity index (χ1) is 10.8. The number of allylic oxidation sites excluding steroid dienone is 1. The Labute approximate surface area is 133 Å². The summed E-state index contributed by atoms with van der Waals surface area (Å²) in [5.74, 6) is -2.03. The first-order valence-electron chi connectivity index (χ1n) is 7.11. The third-order valence-corrected chi connectivity index (χ3v) is 3.50. The molecule has 0 aromatic heterocycles. The lowest BCUT2D eigenvalue weighted by molar-refractivity contribution is -0.139. The van der Waals surface area contributed by atoms with Crippen molar-refractivity contribution in [3.8, 4) is 0 Å². The number of hydrogen-bond acceptors (Lipinski definition) is 7. The van der Waals surface area contributed by atoms with E-state index in [2.05, 4.69) is 10.3 Å². The van der Waals surface area contributed by atoms with Crippen LogP contribution in [0, 0.1) is 0 Å². The normalized spacial score (nSPS) is 24.4. The molecule has 0 spiro atoms. The third kappa shape index (κ3) is 4.93. The number of aliphatic carboxylic acids is 2. The lowest BCUT2D eigenvalue weighted by Gasteiger charge is -2.35. The van der Waals surface area contributed by atoms with Crippen molar-refractivity contribution in [2.45, 2.75) is 37.8 Å². The molecule has 2 atom stereocenters. The standard InChI is InChI=1S/C14H22N2O7/c1-3-8(13(20)21)16-10-5-14(22,7-17)4-9(12(10)23-2)15-6-11(18)19/h8,16-17,22H,3-7H2,1-2H3,(H,18,19)(H,20,21). The first-order valence-corrected chi connectivity index (χ1v) is 7.11. The molecule has 0 amide bonds. The highest BCUT2D eigenvalue weighted by molar-refractivity contribution is 6.01. The van der Waals surface area contributed by atoms with Crippen LogP contribution in [0.15, 0.2) is 16.4 Å². The van der Waals surface area contributed by atoms with Gasteiger partial charge in [-0.2, -0.15) is 0 Å². The fraction of sp³-hybridized carbons (Fsp3) is 0.643. The Morgan fingerprint density at radius 1 is 1.39 bits per heavy atom. The molecule has 0 heterocycles. The number of aliphatic imine (C=N–C) groups is 1. The van der Waals surface area contributed by atoms with Crippen molar-refractivity contribution >= 4 is 17.7 Å². The Kier molecular flexibility index (Phi) is 6.52. The van der Waals surface area contributed by atoms with E-state index >= 15 is 0 Å². The van der Waals surface area contributed by atoms with Crippen LogP contribution in [0.2, 0.25) is 0 Å². The molecule has 5 N–H and O–H groups in total. The van der Waals surface area contributed by atoms with Crippen LogP contribution in [0.3, 0.4) is 0 Å². The highest BCUT2D eigenvalue weighted by Crippen LogP contribution is 2.30. The zero-order valence-electron chi connectivity index (χ0n) is 13.1. The zero-order chi connectivity index (χ0) is 17.6. The third-order valence-electron chi connectivity index (χ3n) is 3.50. The van der Waals surface area contributed by atoms with Crippen LogP contribution < -0.4 is 5.32 Å². The molecule has 0 saturated heterocycles. The van der Waals surface area contributed by atoms with Crippen LogP contribution >= 0.6 is 0 Å². The van der Waals surface area contributed by atoms with Gasteiger partial charge in [0.25, 0.3) is 0 Å². The molecular weight excluding hydrogens is 308 g/mol. The van der Waals surface area contributed by atoms with Gasteiger partial charge in [0, 0.05) is 12.8 Å². The number of ether oxygens (including phenoxy) is 1. The number of nitrogens with one attached hydrogen (secondary N) is 1. The maximum absolute atomic E-state index is 11.2. The average molecular weight is 330 g/mol. The molecule has 1 aliphatic carbocycles. The van der Waals surface area contributed by atoms with Crippen molar-refractivity contribution in [3.05, 3.63) is 11.5 Å². The Hall–Kier alpha value is -2.13. The number of hydrogen-bond donors (Lipinski definition) is 5. The van der Waals surface area contributed by atoms with E-state index in [0.29, 0.717) is 0 Å². The van der Waals surface area contributed by atoms with Crippen molar-refractivity contribution in [2.24, 2.45) is 4.99 Å². The number of methoxy groups -OCH3 is 1. The smallest absolute Gasteiger partial charge is 0.326 e. The van der Waals surface area contributed by atoms with E-state index in [1.807, 2.05) is 0 Å². The second-order valence-corrected chi connectivity index (χ2v) is 5.35. The van der Waals surface area contributed by atoms with Gasteiger partial charge >= 0.3 is 11.9 Å². The molecule has 0 bridgehead atoms. The van der Waals surface area contributed by atoms with Crippen LogP contribution in [-0.2, 0) is 14.3 Å². The van der Waals surface area contributed by atoms with E-state index < -0.39 is 36.7 Å². The molecule has 23 heavy (non-hydrogen) atoms. The molecule has 9 nitrogen and oxygen atoms in total. The van der Waals surface area contributed by atoms with E-state index in [1.54, 1.807) is 6.92 Å². The van der Waals surface area contributed by atoms with E-state index in [1.165, 1.54) is 7.11 Å². The van der Waals surface area contributed by atoms with E-state index in [0.717, 1.165) is 0 Å². The van der Waals surface area contributed by atoms with Crippen molar-refractivity contribution in [2.75, 3.05) is 20.3 Å². The van der Waals surface area contributed by atoms with Crippen molar-refractivity contribution in [1.82, 2.24) is 5.32 Å². The fourth-order valence-electron chi connectivity index (χ4n) is 2.35. The molecule has 0 fully saturated rings. The summed E-state index contributed by atoms with van der Waals surface area (Å²) in [5, 5.41) is 40.4. The van der Waals surface area contributed by atoms with Gasteiger partial charge < -0.3 is 30.5 Å². The number of aliphatic hydroxyl groups excluding tert-OH is 1. The summed E-state index contributed by atoms with van der Waals surface area (Å²) < 4.78 is 5.22. The van der Waals surface area contributed by atoms with Crippen molar-refractivity contribution < 1.29 is 34.8 Å².